The first kappa shape index (κ1) is 17.0. The summed E-state index contributed by atoms with van der Waals surface area (Å²) in [6.45, 7) is 3.01. The zero-order chi connectivity index (χ0) is 17.0. The Hall–Kier alpha value is -2.32. The standard InChI is InChI=1S/C15H18N2O5S/c1-10(14-5-4-8-22-14)17-23(19,20)12-6-7-15(21-3)13(9-12)16-11(2)18/h4-10,17H,1-3H3,(H,16,18)/t10-/m0/s1. The number of benzene rings is 1. The van der Waals surface area contributed by atoms with Gasteiger partial charge in [0.1, 0.15) is 11.5 Å². The first-order valence-electron chi connectivity index (χ1n) is 6.85. The quantitative estimate of drug-likeness (QED) is 0.842. The van der Waals surface area contributed by atoms with Gasteiger partial charge in [0.25, 0.3) is 0 Å². The molecule has 1 amide bonds. The number of amides is 1. The topological polar surface area (TPSA) is 97.6 Å². The molecule has 2 rings (SSSR count). The number of hydrogen-bond donors (Lipinski definition) is 2. The number of rotatable bonds is 6. The van der Waals surface area contributed by atoms with E-state index in [-0.39, 0.29) is 16.5 Å². The monoisotopic (exact) mass is 338 g/mol. The van der Waals surface area contributed by atoms with E-state index in [9.17, 15) is 13.2 Å². The van der Waals surface area contributed by atoms with E-state index in [0.717, 1.165) is 0 Å². The molecule has 0 bridgehead atoms. The first-order chi connectivity index (χ1) is 10.8. The molecule has 0 saturated carbocycles. The van der Waals surface area contributed by atoms with Crippen LogP contribution in [0.15, 0.2) is 45.9 Å². The molecule has 1 aromatic heterocycles. The van der Waals surface area contributed by atoms with E-state index in [1.165, 1.54) is 38.5 Å². The fourth-order valence-electron chi connectivity index (χ4n) is 2.04. The second-order valence-corrected chi connectivity index (χ2v) is 6.62. The van der Waals surface area contributed by atoms with Gasteiger partial charge in [-0.2, -0.15) is 0 Å². The molecule has 0 fully saturated rings. The van der Waals surface area contributed by atoms with Gasteiger partial charge in [-0.05, 0) is 37.3 Å². The molecule has 7 nitrogen and oxygen atoms in total. The summed E-state index contributed by atoms with van der Waals surface area (Å²) in [6.07, 6.45) is 1.47. The van der Waals surface area contributed by atoms with Gasteiger partial charge in [0.2, 0.25) is 15.9 Å². The molecule has 0 radical (unpaired) electrons. The van der Waals surface area contributed by atoms with Crippen molar-refractivity contribution in [1.29, 1.82) is 0 Å². The van der Waals surface area contributed by atoms with Crippen LogP contribution in [0.1, 0.15) is 25.6 Å². The highest BCUT2D eigenvalue weighted by molar-refractivity contribution is 7.89. The lowest BCUT2D eigenvalue weighted by atomic mass is 10.3. The summed E-state index contributed by atoms with van der Waals surface area (Å²) in [6, 6.07) is 7.07. The molecule has 0 aliphatic heterocycles. The number of nitrogens with one attached hydrogen (secondary N) is 2. The van der Waals surface area contributed by atoms with E-state index in [1.807, 2.05) is 0 Å². The lowest BCUT2D eigenvalue weighted by Gasteiger charge is -2.14. The largest absolute Gasteiger partial charge is 0.495 e. The van der Waals surface area contributed by atoms with Crippen molar-refractivity contribution in [3.8, 4) is 5.75 Å². The molecule has 0 spiro atoms. The lowest BCUT2D eigenvalue weighted by Crippen LogP contribution is -2.26. The van der Waals surface area contributed by atoms with Crippen LogP contribution in [0.3, 0.4) is 0 Å². The van der Waals surface area contributed by atoms with E-state index < -0.39 is 16.1 Å². The maximum absolute atomic E-state index is 12.5. The van der Waals surface area contributed by atoms with E-state index >= 15 is 0 Å². The van der Waals surface area contributed by atoms with Crippen molar-refractivity contribution < 1.29 is 22.4 Å². The molecule has 0 unspecified atom stereocenters. The third kappa shape index (κ3) is 4.11. The summed E-state index contributed by atoms with van der Waals surface area (Å²) >= 11 is 0. The molecule has 0 saturated heterocycles. The Bertz CT molecular complexity index is 784. The normalized spacial score (nSPS) is 12.7. The average molecular weight is 338 g/mol. The fourth-order valence-corrected chi connectivity index (χ4v) is 3.28. The van der Waals surface area contributed by atoms with Gasteiger partial charge in [0.05, 0.1) is 30.0 Å². The van der Waals surface area contributed by atoms with Crippen molar-refractivity contribution in [1.82, 2.24) is 4.72 Å². The molecule has 23 heavy (non-hydrogen) atoms. The number of ether oxygens (including phenoxy) is 1. The number of carbonyl (C=O) groups excluding carboxylic acids is 1. The fraction of sp³-hybridized carbons (Fsp3) is 0.267. The van der Waals surface area contributed by atoms with Crippen molar-refractivity contribution in [2.75, 3.05) is 12.4 Å². The van der Waals surface area contributed by atoms with Crippen LogP contribution in [0.5, 0.6) is 5.75 Å². The number of methoxy groups -OCH3 is 1. The second-order valence-electron chi connectivity index (χ2n) is 4.90. The summed E-state index contributed by atoms with van der Waals surface area (Å²) in [5.74, 6) is 0.553. The summed E-state index contributed by atoms with van der Waals surface area (Å²) in [5, 5.41) is 2.54. The number of anilines is 1. The van der Waals surface area contributed by atoms with Gasteiger partial charge in [-0.1, -0.05) is 0 Å². The van der Waals surface area contributed by atoms with Gasteiger partial charge in [-0.25, -0.2) is 13.1 Å². The highest BCUT2D eigenvalue weighted by Gasteiger charge is 2.21. The van der Waals surface area contributed by atoms with Crippen molar-refractivity contribution in [2.24, 2.45) is 0 Å². The van der Waals surface area contributed by atoms with Crippen molar-refractivity contribution in [3.63, 3.8) is 0 Å². The second kappa shape index (κ2) is 6.84. The third-order valence-corrected chi connectivity index (χ3v) is 4.63. The van der Waals surface area contributed by atoms with E-state index in [4.69, 9.17) is 9.15 Å². The van der Waals surface area contributed by atoms with Crippen molar-refractivity contribution in [3.05, 3.63) is 42.4 Å². The van der Waals surface area contributed by atoms with E-state index in [2.05, 4.69) is 10.0 Å². The van der Waals surface area contributed by atoms with Crippen LogP contribution in [-0.4, -0.2) is 21.4 Å². The summed E-state index contributed by atoms with van der Waals surface area (Å²) in [7, 11) is -2.35. The molecule has 1 atom stereocenters. The van der Waals surface area contributed by atoms with E-state index in [1.54, 1.807) is 19.1 Å². The Morgan fingerprint density at radius 3 is 2.61 bits per heavy atom. The molecule has 1 heterocycles. The maximum atomic E-state index is 12.5. The number of hydrogen-bond acceptors (Lipinski definition) is 5. The molecule has 2 aromatic rings. The van der Waals surface area contributed by atoms with Gasteiger partial charge in [0.15, 0.2) is 0 Å². The van der Waals surface area contributed by atoms with Crippen LogP contribution in [-0.2, 0) is 14.8 Å². The van der Waals surface area contributed by atoms with Crippen LogP contribution in [0.2, 0.25) is 0 Å². The number of furan rings is 1. The maximum Gasteiger partial charge on any atom is 0.241 e. The highest BCUT2D eigenvalue weighted by atomic mass is 32.2. The molecule has 1 aromatic carbocycles. The predicted octanol–water partition coefficient (Wildman–Crippen LogP) is 2.29. The number of sulfonamides is 1. The first-order valence-corrected chi connectivity index (χ1v) is 8.33. The average Bonchev–Trinajstić information content (AvgIpc) is 3.00. The molecular weight excluding hydrogens is 320 g/mol. The number of carbonyl (C=O) groups is 1. The van der Waals surface area contributed by atoms with Crippen molar-refractivity contribution >= 4 is 21.6 Å². The predicted molar refractivity (Wildman–Crippen MR) is 84.7 cm³/mol. The molecule has 124 valence electrons. The van der Waals surface area contributed by atoms with Gasteiger partial charge < -0.3 is 14.5 Å². The Kier molecular flexibility index (Phi) is 5.07. The highest BCUT2D eigenvalue weighted by Crippen LogP contribution is 2.28. The van der Waals surface area contributed by atoms with Crippen LogP contribution < -0.4 is 14.8 Å². The minimum Gasteiger partial charge on any atom is -0.495 e. The minimum absolute atomic E-state index is 0.0143. The van der Waals surface area contributed by atoms with Crippen LogP contribution >= 0.6 is 0 Å². The van der Waals surface area contributed by atoms with Gasteiger partial charge >= 0.3 is 0 Å². The van der Waals surface area contributed by atoms with Gasteiger partial charge in [-0.3, -0.25) is 4.79 Å². The SMILES string of the molecule is COc1ccc(S(=O)(=O)N[C@@H](C)c2ccco2)cc1NC(C)=O. The molecular formula is C15H18N2O5S. The molecule has 0 aliphatic rings. The molecule has 0 aliphatic carbocycles. The van der Waals surface area contributed by atoms with Crippen LogP contribution in [0.25, 0.3) is 0 Å². The Balaban J connectivity index is 2.30. The van der Waals surface area contributed by atoms with Gasteiger partial charge in [-0.15, -0.1) is 0 Å². The zero-order valence-electron chi connectivity index (χ0n) is 13.0. The third-order valence-electron chi connectivity index (χ3n) is 3.09. The zero-order valence-corrected chi connectivity index (χ0v) is 13.8. The molecule has 8 heteroatoms. The summed E-state index contributed by atoms with van der Waals surface area (Å²) in [4.78, 5) is 11.2. The Morgan fingerprint density at radius 2 is 2.04 bits per heavy atom. The summed E-state index contributed by atoms with van der Waals surface area (Å²) < 4.78 is 37.8. The van der Waals surface area contributed by atoms with E-state index in [0.29, 0.717) is 11.5 Å². The summed E-state index contributed by atoms with van der Waals surface area (Å²) in [5.41, 5.74) is 0.286. The smallest absolute Gasteiger partial charge is 0.241 e. The Morgan fingerprint density at radius 1 is 1.30 bits per heavy atom. The lowest BCUT2D eigenvalue weighted by molar-refractivity contribution is -0.114. The molecule has 2 N–H and O–H groups in total. The van der Waals surface area contributed by atoms with Gasteiger partial charge in [0, 0.05) is 6.92 Å². The minimum atomic E-state index is -3.79. The van der Waals surface area contributed by atoms with Crippen LogP contribution in [0, 0.1) is 0 Å². The van der Waals surface area contributed by atoms with Crippen LogP contribution in [0.4, 0.5) is 5.69 Å². The van der Waals surface area contributed by atoms with Crippen molar-refractivity contribution in [2.45, 2.75) is 24.8 Å². The Labute approximate surface area is 134 Å².